The van der Waals surface area contributed by atoms with Gasteiger partial charge >= 0.3 is 0 Å². The summed E-state index contributed by atoms with van der Waals surface area (Å²) in [5.74, 6) is 0.689. The molecule has 1 aromatic heterocycles. The summed E-state index contributed by atoms with van der Waals surface area (Å²) in [5, 5.41) is 0. The number of halogens is 2. The Labute approximate surface area is 121 Å². The Hall–Kier alpha value is -1.20. The molecule has 1 heterocycles. The highest BCUT2D eigenvalue weighted by atomic mass is 79.9. The lowest BCUT2D eigenvalue weighted by molar-refractivity contribution is 0.101. The van der Waals surface area contributed by atoms with E-state index in [9.17, 15) is 4.79 Å². The molecule has 0 N–H and O–H groups in total. The zero-order valence-corrected chi connectivity index (χ0v) is 12.7. The summed E-state index contributed by atoms with van der Waals surface area (Å²) < 4.78 is 6.84. The van der Waals surface area contributed by atoms with Crippen molar-refractivity contribution in [1.82, 2.24) is 0 Å². The number of furan rings is 1. The number of carbonyl (C=O) groups is 1. The summed E-state index contributed by atoms with van der Waals surface area (Å²) in [4.78, 5) is 15.4. The van der Waals surface area contributed by atoms with Crippen LogP contribution in [0.25, 0.3) is 0 Å². The molecule has 0 atom stereocenters. The van der Waals surface area contributed by atoms with Crippen molar-refractivity contribution in [2.45, 2.75) is 6.92 Å². The molecule has 0 spiro atoms. The third-order valence-corrected chi connectivity index (χ3v) is 3.99. The van der Waals surface area contributed by atoms with Gasteiger partial charge in [-0.2, -0.15) is 0 Å². The predicted molar refractivity (Wildman–Crippen MR) is 77.8 cm³/mol. The van der Waals surface area contributed by atoms with Crippen molar-refractivity contribution < 1.29 is 9.21 Å². The fourth-order valence-corrected chi connectivity index (χ4v) is 1.96. The largest absolute Gasteiger partial charge is 0.447 e. The van der Waals surface area contributed by atoms with E-state index in [0.717, 1.165) is 10.2 Å². The Morgan fingerprint density at radius 3 is 2.44 bits per heavy atom. The van der Waals surface area contributed by atoms with E-state index < -0.39 is 0 Å². The van der Waals surface area contributed by atoms with Crippen LogP contribution in [0.4, 0.5) is 5.69 Å². The number of hydrogen-bond acceptors (Lipinski definition) is 3. The molecule has 0 aliphatic rings. The third-order valence-electron chi connectivity index (χ3n) is 2.28. The maximum atomic E-state index is 11.1. The Morgan fingerprint density at radius 1 is 1.28 bits per heavy atom. The molecule has 0 aliphatic heterocycles. The average Bonchev–Trinajstić information content (AvgIpc) is 2.67. The fraction of sp³-hybridized carbons (Fsp3) is 0.0769. The van der Waals surface area contributed by atoms with E-state index in [4.69, 9.17) is 4.42 Å². The maximum Gasteiger partial charge on any atom is 0.184 e. The zero-order chi connectivity index (χ0) is 13.1. The first kappa shape index (κ1) is 13.2. The van der Waals surface area contributed by atoms with Crippen LogP contribution in [-0.2, 0) is 0 Å². The molecule has 0 amide bonds. The number of aliphatic imine (C=N–C) groups is 1. The molecular weight excluding hydrogens is 362 g/mol. The van der Waals surface area contributed by atoms with Crippen LogP contribution in [0, 0.1) is 0 Å². The number of benzene rings is 1. The second-order valence-electron chi connectivity index (χ2n) is 3.63. The summed E-state index contributed by atoms with van der Waals surface area (Å²) in [6.07, 6.45) is 1.62. The van der Waals surface area contributed by atoms with E-state index in [-0.39, 0.29) is 5.78 Å². The molecule has 18 heavy (non-hydrogen) atoms. The van der Waals surface area contributed by atoms with Crippen LogP contribution in [-0.4, -0.2) is 12.0 Å². The van der Waals surface area contributed by atoms with Crippen LogP contribution in [0.3, 0.4) is 0 Å². The van der Waals surface area contributed by atoms with Crippen molar-refractivity contribution in [3.63, 3.8) is 0 Å². The van der Waals surface area contributed by atoms with Gasteiger partial charge in [0.25, 0.3) is 0 Å². The molecule has 0 fully saturated rings. The molecule has 0 bridgehead atoms. The van der Waals surface area contributed by atoms with Crippen molar-refractivity contribution in [2.24, 2.45) is 4.99 Å². The molecular formula is C13H9Br2NO2. The highest BCUT2D eigenvalue weighted by molar-refractivity contribution is 9.13. The van der Waals surface area contributed by atoms with Gasteiger partial charge in [-0.25, -0.2) is 0 Å². The van der Waals surface area contributed by atoms with Gasteiger partial charge in [-0.1, -0.05) is 0 Å². The summed E-state index contributed by atoms with van der Waals surface area (Å²) in [7, 11) is 0. The minimum Gasteiger partial charge on any atom is -0.447 e. The van der Waals surface area contributed by atoms with Crippen molar-refractivity contribution in [3.05, 3.63) is 50.8 Å². The van der Waals surface area contributed by atoms with Gasteiger partial charge in [-0.05, 0) is 63.0 Å². The normalized spacial score (nSPS) is 11.1. The van der Waals surface area contributed by atoms with Gasteiger partial charge in [0, 0.05) is 11.6 Å². The zero-order valence-electron chi connectivity index (χ0n) is 9.48. The van der Waals surface area contributed by atoms with Gasteiger partial charge in [0.2, 0.25) is 0 Å². The molecule has 0 unspecified atom stereocenters. The van der Waals surface area contributed by atoms with Gasteiger partial charge in [-0.15, -0.1) is 0 Å². The molecule has 92 valence electrons. The highest BCUT2D eigenvalue weighted by Crippen LogP contribution is 2.26. The minimum atomic E-state index is 0.0458. The van der Waals surface area contributed by atoms with Crippen LogP contribution in [0.15, 0.2) is 48.9 Å². The lowest BCUT2D eigenvalue weighted by Crippen LogP contribution is -1.89. The maximum absolute atomic E-state index is 11.1. The number of hydrogen-bond donors (Lipinski definition) is 0. The molecule has 3 nitrogen and oxygen atoms in total. The SMILES string of the molecule is CC(=O)c1ccc(N=Cc2cc(Br)c(Br)o2)cc1. The first-order valence-corrected chi connectivity index (χ1v) is 6.75. The topological polar surface area (TPSA) is 42.6 Å². The number of carbonyl (C=O) groups excluding carboxylic acids is 1. The molecule has 0 saturated carbocycles. The van der Waals surface area contributed by atoms with Crippen molar-refractivity contribution in [2.75, 3.05) is 0 Å². The molecule has 5 heteroatoms. The summed E-state index contributed by atoms with van der Waals surface area (Å²) in [5.41, 5.74) is 1.45. The smallest absolute Gasteiger partial charge is 0.184 e. The first-order chi connectivity index (χ1) is 8.56. The van der Waals surface area contributed by atoms with Gasteiger partial charge < -0.3 is 4.42 Å². The highest BCUT2D eigenvalue weighted by Gasteiger charge is 2.03. The lowest BCUT2D eigenvalue weighted by atomic mass is 10.1. The minimum absolute atomic E-state index is 0.0458. The number of Topliss-reactive ketones (excluding diaryl/α,β-unsaturated/α-hetero) is 1. The van der Waals surface area contributed by atoms with Crippen molar-refractivity contribution in [3.8, 4) is 0 Å². The second kappa shape index (κ2) is 5.63. The Balaban J connectivity index is 2.16. The molecule has 0 saturated heterocycles. The average molecular weight is 371 g/mol. The monoisotopic (exact) mass is 369 g/mol. The molecule has 0 radical (unpaired) electrons. The van der Waals surface area contributed by atoms with Crippen LogP contribution in [0.2, 0.25) is 0 Å². The van der Waals surface area contributed by atoms with Crippen molar-refractivity contribution >= 4 is 49.5 Å². The van der Waals surface area contributed by atoms with Crippen LogP contribution in [0.5, 0.6) is 0 Å². The van der Waals surface area contributed by atoms with E-state index in [0.29, 0.717) is 16.0 Å². The number of ketones is 1. The van der Waals surface area contributed by atoms with E-state index in [2.05, 4.69) is 36.9 Å². The Bertz CT molecular complexity index is 580. The lowest BCUT2D eigenvalue weighted by Gasteiger charge is -1.95. The standard InChI is InChI=1S/C13H9Br2NO2/c1-8(17)9-2-4-10(5-3-9)16-7-11-6-12(14)13(15)18-11/h2-7H,1H3. The van der Waals surface area contributed by atoms with Crippen LogP contribution in [0.1, 0.15) is 23.0 Å². The quantitative estimate of drug-likeness (QED) is 0.577. The Kier molecular flexibility index (Phi) is 4.14. The second-order valence-corrected chi connectivity index (χ2v) is 5.21. The number of nitrogens with zero attached hydrogens (tertiary/aromatic N) is 1. The van der Waals surface area contributed by atoms with E-state index in [1.54, 1.807) is 30.5 Å². The molecule has 1 aromatic carbocycles. The van der Waals surface area contributed by atoms with Gasteiger partial charge in [-0.3, -0.25) is 9.79 Å². The summed E-state index contributed by atoms with van der Waals surface area (Å²) >= 11 is 6.58. The van der Waals surface area contributed by atoms with E-state index in [1.165, 1.54) is 6.92 Å². The van der Waals surface area contributed by atoms with Gasteiger partial charge in [0.1, 0.15) is 5.76 Å². The molecule has 2 rings (SSSR count). The molecule has 0 aliphatic carbocycles. The van der Waals surface area contributed by atoms with Gasteiger partial charge in [0.15, 0.2) is 10.5 Å². The first-order valence-electron chi connectivity index (χ1n) is 5.16. The molecule has 2 aromatic rings. The van der Waals surface area contributed by atoms with Gasteiger partial charge in [0.05, 0.1) is 16.4 Å². The van der Waals surface area contributed by atoms with Crippen molar-refractivity contribution in [1.29, 1.82) is 0 Å². The van der Waals surface area contributed by atoms with E-state index in [1.807, 2.05) is 6.07 Å². The fourth-order valence-electron chi connectivity index (χ4n) is 1.35. The summed E-state index contributed by atoms with van der Waals surface area (Å²) in [6, 6.07) is 8.91. The van der Waals surface area contributed by atoms with Crippen LogP contribution < -0.4 is 0 Å². The predicted octanol–water partition coefficient (Wildman–Crippen LogP) is 4.76. The van der Waals surface area contributed by atoms with E-state index >= 15 is 0 Å². The number of rotatable bonds is 3. The Morgan fingerprint density at radius 2 is 1.94 bits per heavy atom. The third kappa shape index (κ3) is 3.17. The summed E-state index contributed by atoms with van der Waals surface area (Å²) in [6.45, 7) is 1.54. The van der Waals surface area contributed by atoms with Crippen LogP contribution >= 0.6 is 31.9 Å².